The number of aromatic nitrogens is 2. The molecule has 12 heteroatoms. The quantitative estimate of drug-likeness (QED) is 0.418. The molecule has 2 heterocycles. The third-order valence-electron chi connectivity index (χ3n) is 5.22. The van der Waals surface area contributed by atoms with Gasteiger partial charge < -0.3 is 10.1 Å². The molecular weight excluding hydrogens is 489 g/mol. The van der Waals surface area contributed by atoms with Crippen molar-refractivity contribution in [3.63, 3.8) is 0 Å². The van der Waals surface area contributed by atoms with Crippen molar-refractivity contribution in [2.24, 2.45) is 0 Å². The van der Waals surface area contributed by atoms with E-state index in [-0.39, 0.29) is 16.7 Å². The maximum Gasteiger partial charge on any atom is 0.387 e. The topological polar surface area (TPSA) is 93.2 Å². The van der Waals surface area contributed by atoms with E-state index >= 15 is 0 Å². The minimum atomic E-state index is -3.00. The molecule has 0 radical (unpaired) electrons. The molecule has 0 bridgehead atoms. The van der Waals surface area contributed by atoms with Crippen molar-refractivity contribution in [1.29, 1.82) is 0 Å². The molecule has 1 unspecified atom stereocenters. The lowest BCUT2D eigenvalue weighted by molar-refractivity contribution is -0.120. The molecule has 1 amide bonds. The lowest BCUT2D eigenvalue weighted by atomic mass is 9.89. The number of anilines is 2. The van der Waals surface area contributed by atoms with Crippen LogP contribution in [0.25, 0.3) is 11.1 Å². The molecule has 2 aromatic heterocycles. The zero-order valence-electron chi connectivity index (χ0n) is 18.2. The number of pyridine rings is 1. The van der Waals surface area contributed by atoms with Gasteiger partial charge in [-0.15, -0.1) is 11.3 Å². The molecule has 0 aliphatic heterocycles. The van der Waals surface area contributed by atoms with Crippen LogP contribution in [0, 0.1) is 5.82 Å². The molecule has 34 heavy (non-hydrogen) atoms. The first-order valence-electron chi connectivity index (χ1n) is 10.3. The standard InChI is InChI=1S/C22H21F3N4O3S2/c1-22(2,18-11-33-21(28-18)29-34(31)15-4-5-15)19(30)27-17-6-3-12(8-16(17)23)13-7-14(10-26-9-13)32-20(24)25/h3,6-11,15,20H,4-5H2,1-2H3,(H,27,30)(H,28,29). The highest BCUT2D eigenvalue weighted by Crippen LogP contribution is 2.32. The van der Waals surface area contributed by atoms with E-state index in [1.54, 1.807) is 19.2 Å². The van der Waals surface area contributed by atoms with Crippen molar-refractivity contribution in [3.05, 3.63) is 53.6 Å². The summed E-state index contributed by atoms with van der Waals surface area (Å²) in [6.45, 7) is 0.316. The molecule has 1 atom stereocenters. The van der Waals surface area contributed by atoms with Crippen LogP contribution in [0.1, 0.15) is 32.4 Å². The van der Waals surface area contributed by atoms with Crippen molar-refractivity contribution in [3.8, 4) is 16.9 Å². The maximum atomic E-state index is 14.8. The predicted molar refractivity (Wildman–Crippen MR) is 125 cm³/mol. The number of thiazole rings is 1. The van der Waals surface area contributed by atoms with Crippen molar-refractivity contribution in [1.82, 2.24) is 9.97 Å². The summed E-state index contributed by atoms with van der Waals surface area (Å²) < 4.78 is 58.9. The number of alkyl halides is 2. The van der Waals surface area contributed by atoms with Gasteiger partial charge in [-0.05, 0) is 50.5 Å². The van der Waals surface area contributed by atoms with Crippen molar-refractivity contribution in [2.75, 3.05) is 10.0 Å². The van der Waals surface area contributed by atoms with Crippen LogP contribution in [-0.4, -0.2) is 31.9 Å². The van der Waals surface area contributed by atoms with E-state index in [1.807, 2.05) is 0 Å². The highest BCUT2D eigenvalue weighted by atomic mass is 32.2. The number of ether oxygens (including phenoxy) is 1. The number of halogens is 3. The molecule has 1 saturated carbocycles. The number of hydrogen-bond donors (Lipinski definition) is 2. The summed E-state index contributed by atoms with van der Waals surface area (Å²) >= 11 is 1.25. The summed E-state index contributed by atoms with van der Waals surface area (Å²) in [5.41, 5.74) is 0.0811. The first-order valence-corrected chi connectivity index (χ1v) is 12.4. The summed E-state index contributed by atoms with van der Waals surface area (Å²) in [7, 11) is -1.19. The highest BCUT2D eigenvalue weighted by Gasteiger charge is 2.34. The highest BCUT2D eigenvalue weighted by molar-refractivity contribution is 7.87. The first-order chi connectivity index (χ1) is 16.1. The molecule has 3 aromatic rings. The molecule has 1 aliphatic carbocycles. The number of amides is 1. The monoisotopic (exact) mass is 510 g/mol. The average Bonchev–Trinajstić information content (AvgIpc) is 3.53. The van der Waals surface area contributed by atoms with Crippen molar-refractivity contribution in [2.45, 2.75) is 44.0 Å². The maximum absolute atomic E-state index is 14.8. The normalized spacial score (nSPS) is 14.6. The third-order valence-corrected chi connectivity index (χ3v) is 7.57. The lowest BCUT2D eigenvalue weighted by Crippen LogP contribution is -2.35. The van der Waals surface area contributed by atoms with Gasteiger partial charge in [0, 0.05) is 17.1 Å². The number of benzene rings is 1. The number of nitrogens with zero attached hydrogens (tertiary/aromatic N) is 2. The molecular formula is C22H21F3N4O3S2. The number of rotatable bonds is 9. The minimum absolute atomic E-state index is 0.0433. The SMILES string of the molecule is CC(C)(C(=O)Nc1ccc(-c2cncc(OC(F)F)c2)cc1F)c1csc(NS(=O)C2CC2)n1. The molecule has 7 nitrogen and oxygen atoms in total. The van der Waals surface area contributed by atoms with E-state index in [1.165, 1.54) is 41.8 Å². The van der Waals surface area contributed by atoms with Gasteiger partial charge in [0.1, 0.15) is 22.6 Å². The summed E-state index contributed by atoms with van der Waals surface area (Å²) in [4.78, 5) is 21.2. The summed E-state index contributed by atoms with van der Waals surface area (Å²) in [6.07, 6.45) is 4.35. The van der Waals surface area contributed by atoms with Crippen LogP contribution < -0.4 is 14.8 Å². The van der Waals surface area contributed by atoms with E-state index in [9.17, 15) is 22.2 Å². The molecule has 1 fully saturated rings. The van der Waals surface area contributed by atoms with E-state index < -0.39 is 34.7 Å². The van der Waals surface area contributed by atoms with Gasteiger partial charge in [0.25, 0.3) is 0 Å². The molecule has 0 saturated heterocycles. The van der Waals surface area contributed by atoms with Gasteiger partial charge in [0.15, 0.2) is 5.13 Å². The average molecular weight is 511 g/mol. The number of nitrogens with one attached hydrogen (secondary N) is 2. The van der Waals surface area contributed by atoms with Crippen LogP contribution in [0.5, 0.6) is 5.75 Å². The minimum Gasteiger partial charge on any atom is -0.433 e. The van der Waals surface area contributed by atoms with Crippen molar-refractivity contribution >= 4 is 39.0 Å². The Morgan fingerprint density at radius 3 is 2.68 bits per heavy atom. The van der Waals surface area contributed by atoms with Crippen LogP contribution >= 0.6 is 11.3 Å². The van der Waals surface area contributed by atoms with Crippen LogP contribution in [0.2, 0.25) is 0 Å². The number of hydrogen-bond acceptors (Lipinski definition) is 6. The second kappa shape index (κ2) is 9.71. The lowest BCUT2D eigenvalue weighted by Gasteiger charge is -2.22. The molecule has 1 aliphatic rings. The van der Waals surface area contributed by atoms with Gasteiger partial charge in [-0.25, -0.2) is 13.6 Å². The van der Waals surface area contributed by atoms with Crippen LogP contribution in [-0.2, 0) is 21.2 Å². The van der Waals surface area contributed by atoms with E-state index in [2.05, 4.69) is 24.7 Å². The van der Waals surface area contributed by atoms with Gasteiger partial charge in [-0.1, -0.05) is 6.07 Å². The second-order valence-corrected chi connectivity index (χ2v) is 10.5. The Kier molecular flexibility index (Phi) is 6.89. The Bertz CT molecular complexity index is 1230. The largest absolute Gasteiger partial charge is 0.433 e. The van der Waals surface area contributed by atoms with E-state index in [4.69, 9.17) is 0 Å². The van der Waals surface area contributed by atoms with Gasteiger partial charge in [-0.2, -0.15) is 8.78 Å². The van der Waals surface area contributed by atoms with Gasteiger partial charge in [0.05, 0.1) is 28.2 Å². The molecule has 0 spiro atoms. The number of carbonyl (C=O) groups is 1. The molecule has 1 aromatic carbocycles. The second-order valence-electron chi connectivity index (χ2n) is 8.20. The van der Waals surface area contributed by atoms with Crippen LogP contribution in [0.3, 0.4) is 0 Å². The zero-order valence-corrected chi connectivity index (χ0v) is 19.8. The Balaban J connectivity index is 1.46. The fraction of sp³-hybridized carbons (Fsp3) is 0.318. The zero-order chi connectivity index (χ0) is 24.5. The smallest absolute Gasteiger partial charge is 0.387 e. The van der Waals surface area contributed by atoms with E-state index in [0.717, 1.165) is 19.0 Å². The molecule has 180 valence electrons. The number of carbonyl (C=O) groups excluding carboxylic acids is 1. The Labute approximate surface area is 200 Å². The third kappa shape index (κ3) is 5.55. The Hall–Kier alpha value is -2.99. The summed E-state index contributed by atoms with van der Waals surface area (Å²) in [5.74, 6) is -1.33. The first kappa shape index (κ1) is 24.1. The Morgan fingerprint density at radius 2 is 2.00 bits per heavy atom. The molecule has 4 rings (SSSR count). The predicted octanol–water partition coefficient (Wildman–Crippen LogP) is 5.10. The van der Waals surface area contributed by atoms with E-state index in [0.29, 0.717) is 22.0 Å². The van der Waals surface area contributed by atoms with Crippen LogP contribution in [0.4, 0.5) is 24.0 Å². The van der Waals surface area contributed by atoms with Crippen molar-refractivity contribution < 1.29 is 26.9 Å². The summed E-state index contributed by atoms with van der Waals surface area (Å²) in [6, 6.07) is 5.41. The summed E-state index contributed by atoms with van der Waals surface area (Å²) in [5, 5.41) is 4.88. The Morgan fingerprint density at radius 1 is 1.24 bits per heavy atom. The van der Waals surface area contributed by atoms with Gasteiger partial charge in [-0.3, -0.25) is 14.5 Å². The molecule has 2 N–H and O–H groups in total. The van der Waals surface area contributed by atoms with Crippen LogP contribution in [0.15, 0.2) is 42.0 Å². The fourth-order valence-corrected chi connectivity index (χ4v) is 5.10. The van der Waals surface area contributed by atoms with Gasteiger partial charge in [0.2, 0.25) is 5.91 Å². The van der Waals surface area contributed by atoms with Gasteiger partial charge >= 0.3 is 6.61 Å². The fourth-order valence-electron chi connectivity index (χ4n) is 2.99.